The third-order valence-corrected chi connectivity index (χ3v) is 6.71. The lowest BCUT2D eigenvalue weighted by molar-refractivity contribution is -0.121. The van der Waals surface area contributed by atoms with E-state index >= 15 is 0 Å². The van der Waals surface area contributed by atoms with Crippen LogP contribution in [-0.2, 0) is 18.3 Å². The number of ether oxygens (including phenoxy) is 1. The van der Waals surface area contributed by atoms with Crippen LogP contribution in [0.25, 0.3) is 11.0 Å². The molecule has 1 fully saturated rings. The van der Waals surface area contributed by atoms with Gasteiger partial charge in [0.15, 0.2) is 11.4 Å². The van der Waals surface area contributed by atoms with Crippen molar-refractivity contribution in [3.8, 4) is 5.88 Å². The van der Waals surface area contributed by atoms with Gasteiger partial charge < -0.3 is 4.74 Å². The van der Waals surface area contributed by atoms with E-state index in [4.69, 9.17) is 4.74 Å². The number of hydrogen-bond donors (Lipinski definition) is 0. The van der Waals surface area contributed by atoms with Crippen LogP contribution in [-0.4, -0.2) is 32.1 Å². The van der Waals surface area contributed by atoms with Gasteiger partial charge in [0.1, 0.15) is 6.61 Å². The first kappa shape index (κ1) is 20.2. The second-order valence-electron chi connectivity index (χ2n) is 9.24. The molecule has 2 aliphatic rings. The Morgan fingerprint density at radius 1 is 1.23 bits per heavy atom. The topological polar surface area (TPSA) is 69.9 Å². The second-order valence-corrected chi connectivity index (χ2v) is 9.24. The Bertz CT molecular complexity index is 1150. The molecule has 0 amide bonds. The average molecular weight is 419 g/mol. The van der Waals surface area contributed by atoms with Crippen LogP contribution < -0.4 is 4.74 Å². The predicted octanol–water partition coefficient (Wildman–Crippen LogP) is 4.71. The molecule has 6 heteroatoms. The molecule has 5 rings (SSSR count). The molecule has 2 aliphatic carbocycles. The van der Waals surface area contributed by atoms with E-state index in [2.05, 4.69) is 28.1 Å². The van der Waals surface area contributed by atoms with Crippen LogP contribution in [0.5, 0.6) is 5.88 Å². The van der Waals surface area contributed by atoms with Gasteiger partial charge in [0.2, 0.25) is 5.88 Å². The van der Waals surface area contributed by atoms with Gasteiger partial charge >= 0.3 is 0 Å². The van der Waals surface area contributed by atoms with E-state index in [0.717, 1.165) is 47.2 Å². The van der Waals surface area contributed by atoms with E-state index in [1.54, 1.807) is 0 Å². The van der Waals surface area contributed by atoms with Crippen molar-refractivity contribution in [2.24, 2.45) is 7.05 Å². The van der Waals surface area contributed by atoms with Gasteiger partial charge in [-0.3, -0.25) is 14.5 Å². The van der Waals surface area contributed by atoms with E-state index in [-0.39, 0.29) is 12.4 Å². The lowest BCUT2D eigenvalue weighted by Crippen LogP contribution is -2.12. The molecule has 3 aromatic heterocycles. The molecule has 0 bridgehead atoms. The first-order chi connectivity index (χ1) is 15.0. The summed E-state index contributed by atoms with van der Waals surface area (Å²) in [5.41, 5.74) is 7.01. The number of Topliss-reactive ketones (excluding diaryl/α,β-unsaturated/α-hetero) is 1. The Balaban J connectivity index is 1.15. The third-order valence-electron chi connectivity index (χ3n) is 6.71. The minimum Gasteiger partial charge on any atom is -0.470 e. The number of nitrogens with zero attached hydrogens (tertiary/aromatic N) is 4. The number of carbonyl (C=O) groups is 1. The highest BCUT2D eigenvalue weighted by atomic mass is 16.5. The van der Waals surface area contributed by atoms with Crippen molar-refractivity contribution in [1.29, 1.82) is 0 Å². The summed E-state index contributed by atoms with van der Waals surface area (Å²) >= 11 is 0. The minimum atomic E-state index is 0.0767. The minimum absolute atomic E-state index is 0.0767. The molecule has 6 nitrogen and oxygen atoms in total. The zero-order chi connectivity index (χ0) is 21.5. The van der Waals surface area contributed by atoms with Gasteiger partial charge in [0, 0.05) is 42.7 Å². The zero-order valence-electron chi connectivity index (χ0n) is 18.6. The molecule has 0 spiro atoms. The number of fused-ring (bicyclic) bond motifs is 2. The van der Waals surface area contributed by atoms with Gasteiger partial charge in [-0.15, -0.1) is 0 Å². The monoisotopic (exact) mass is 418 g/mol. The largest absolute Gasteiger partial charge is 0.470 e. The number of ketones is 1. The molecule has 3 aromatic rings. The van der Waals surface area contributed by atoms with Crippen LogP contribution in [0.2, 0.25) is 0 Å². The molecule has 162 valence electrons. The summed E-state index contributed by atoms with van der Waals surface area (Å²) in [7, 11) is 1.92. The quantitative estimate of drug-likeness (QED) is 0.530. The van der Waals surface area contributed by atoms with Gasteiger partial charge in [-0.05, 0) is 81.0 Å². The number of carbonyl (C=O) groups excluding carboxylic acids is 1. The highest BCUT2D eigenvalue weighted by Gasteiger charge is 2.30. The highest BCUT2D eigenvalue weighted by molar-refractivity contribution is 5.84. The SMILES string of the molecule is Cc1cc2c(cn1)[C@@H](CCCC(=O)COc1cc(C)c3c(C4CC4)nn(C)c3n1)CC2. The van der Waals surface area contributed by atoms with Crippen molar-refractivity contribution in [3.05, 3.63) is 46.4 Å². The van der Waals surface area contributed by atoms with Crippen molar-refractivity contribution in [1.82, 2.24) is 19.7 Å². The van der Waals surface area contributed by atoms with Gasteiger partial charge in [0.25, 0.3) is 0 Å². The van der Waals surface area contributed by atoms with Crippen LogP contribution in [0.15, 0.2) is 18.3 Å². The molecule has 0 aromatic carbocycles. The maximum Gasteiger partial charge on any atom is 0.215 e. The maximum atomic E-state index is 12.4. The Morgan fingerprint density at radius 3 is 2.87 bits per heavy atom. The second kappa shape index (κ2) is 8.06. The molecule has 1 atom stereocenters. The van der Waals surface area contributed by atoms with Gasteiger partial charge in [-0.2, -0.15) is 10.1 Å². The molecule has 31 heavy (non-hydrogen) atoms. The Hall–Kier alpha value is -2.76. The van der Waals surface area contributed by atoms with E-state index in [1.165, 1.54) is 30.4 Å². The number of pyridine rings is 2. The summed E-state index contributed by atoms with van der Waals surface area (Å²) in [6.07, 6.45) is 9.21. The lowest BCUT2D eigenvalue weighted by Gasteiger charge is -2.11. The van der Waals surface area contributed by atoms with Crippen molar-refractivity contribution >= 4 is 16.8 Å². The average Bonchev–Trinajstić information content (AvgIpc) is 3.43. The van der Waals surface area contributed by atoms with Crippen molar-refractivity contribution in [2.45, 2.75) is 70.6 Å². The molecule has 0 N–H and O–H groups in total. The maximum absolute atomic E-state index is 12.4. The first-order valence-corrected chi connectivity index (χ1v) is 11.4. The Morgan fingerprint density at radius 2 is 2.06 bits per heavy atom. The fourth-order valence-electron chi connectivity index (χ4n) is 4.92. The molecule has 0 radical (unpaired) electrons. The summed E-state index contributed by atoms with van der Waals surface area (Å²) in [6, 6.07) is 4.14. The predicted molar refractivity (Wildman–Crippen MR) is 120 cm³/mol. The summed E-state index contributed by atoms with van der Waals surface area (Å²) in [5, 5.41) is 5.82. The van der Waals surface area contributed by atoms with E-state index < -0.39 is 0 Å². The summed E-state index contributed by atoms with van der Waals surface area (Å²) < 4.78 is 7.61. The molecule has 3 heterocycles. The standard InChI is InChI=1S/C25H30N4O2/c1-15-11-22(27-25-23(15)24(18-8-9-18)28-29(25)3)31-14-20(30)6-4-5-17-7-10-19-12-16(2)26-13-21(17)19/h11-13,17-18H,4-10,14H2,1-3H3/t17-/m0/s1. The fraction of sp³-hybridized carbons (Fsp3) is 0.520. The van der Waals surface area contributed by atoms with Gasteiger partial charge in [-0.1, -0.05) is 0 Å². The summed E-state index contributed by atoms with van der Waals surface area (Å²) in [6.45, 7) is 4.19. The van der Waals surface area contributed by atoms with Crippen molar-refractivity contribution in [3.63, 3.8) is 0 Å². The van der Waals surface area contributed by atoms with Gasteiger partial charge in [0.05, 0.1) is 5.69 Å². The fourth-order valence-corrected chi connectivity index (χ4v) is 4.92. The molecule has 0 saturated heterocycles. The van der Waals surface area contributed by atoms with Gasteiger partial charge in [-0.25, -0.2) is 0 Å². The number of hydrogen-bond acceptors (Lipinski definition) is 5. The first-order valence-electron chi connectivity index (χ1n) is 11.4. The summed E-state index contributed by atoms with van der Waals surface area (Å²) in [5.74, 6) is 1.75. The van der Waals surface area contributed by atoms with Crippen LogP contribution in [0, 0.1) is 13.8 Å². The van der Waals surface area contributed by atoms with E-state index in [9.17, 15) is 4.79 Å². The Labute approximate surface area is 183 Å². The van der Waals surface area contributed by atoms with E-state index in [1.807, 2.05) is 30.9 Å². The van der Waals surface area contributed by atoms with Crippen LogP contribution in [0.1, 0.15) is 78.4 Å². The van der Waals surface area contributed by atoms with E-state index in [0.29, 0.717) is 24.1 Å². The summed E-state index contributed by atoms with van der Waals surface area (Å²) in [4.78, 5) is 21.5. The number of aryl methyl sites for hydroxylation is 4. The van der Waals surface area contributed by atoms with Crippen LogP contribution in [0.3, 0.4) is 0 Å². The van der Waals surface area contributed by atoms with Crippen LogP contribution >= 0.6 is 0 Å². The Kier molecular flexibility index (Phi) is 5.24. The van der Waals surface area contributed by atoms with Crippen molar-refractivity contribution in [2.75, 3.05) is 6.61 Å². The number of aromatic nitrogens is 4. The molecular formula is C25H30N4O2. The zero-order valence-corrected chi connectivity index (χ0v) is 18.6. The van der Waals surface area contributed by atoms with Crippen LogP contribution in [0.4, 0.5) is 0 Å². The van der Waals surface area contributed by atoms with Crippen molar-refractivity contribution < 1.29 is 9.53 Å². The third kappa shape index (κ3) is 4.08. The molecular weight excluding hydrogens is 388 g/mol. The highest BCUT2D eigenvalue weighted by Crippen LogP contribution is 2.43. The molecule has 1 saturated carbocycles. The lowest BCUT2D eigenvalue weighted by atomic mass is 9.96. The smallest absolute Gasteiger partial charge is 0.215 e. The normalized spacial score (nSPS) is 17.8. The molecule has 0 aliphatic heterocycles. The number of rotatable bonds is 8. The molecule has 0 unspecified atom stereocenters.